The first-order valence-corrected chi connectivity index (χ1v) is 5.84. The summed E-state index contributed by atoms with van der Waals surface area (Å²) >= 11 is 0. The smallest absolute Gasteiger partial charge is 0.148 e. The average molecular weight is 237 g/mol. The number of aromatic nitrogens is 1. The van der Waals surface area contributed by atoms with E-state index in [0.717, 1.165) is 35.7 Å². The van der Waals surface area contributed by atoms with Crippen molar-refractivity contribution in [2.45, 2.75) is 12.5 Å². The summed E-state index contributed by atoms with van der Waals surface area (Å²) in [6, 6.07) is 9.82. The molecule has 1 atom stereocenters. The maximum atomic E-state index is 10.8. The average Bonchev–Trinajstić information content (AvgIpc) is 2.37. The summed E-state index contributed by atoms with van der Waals surface area (Å²) in [4.78, 5) is 16.9. The first kappa shape index (κ1) is 10.7. The first-order chi connectivity index (χ1) is 8.83. The van der Waals surface area contributed by atoms with Crippen LogP contribution in [0, 0.1) is 11.3 Å². The van der Waals surface area contributed by atoms with Crippen LogP contribution in [0.5, 0.6) is 0 Å². The van der Waals surface area contributed by atoms with Crippen molar-refractivity contribution in [2.75, 3.05) is 11.4 Å². The number of aldehydes is 1. The van der Waals surface area contributed by atoms with E-state index < -0.39 is 0 Å². The zero-order chi connectivity index (χ0) is 12.5. The summed E-state index contributed by atoms with van der Waals surface area (Å²) < 4.78 is 0. The van der Waals surface area contributed by atoms with E-state index in [-0.39, 0.29) is 6.04 Å². The molecule has 4 nitrogen and oxygen atoms in total. The van der Waals surface area contributed by atoms with Crippen LogP contribution in [-0.4, -0.2) is 23.9 Å². The Kier molecular flexibility index (Phi) is 2.45. The molecule has 4 heteroatoms. The van der Waals surface area contributed by atoms with Crippen LogP contribution in [0.4, 0.5) is 5.69 Å². The SMILES string of the molecule is N#Cc1nccc2cc(N3CC[C@H]3C=O)ccc12. The van der Waals surface area contributed by atoms with Gasteiger partial charge in [-0.3, -0.25) is 0 Å². The third kappa shape index (κ3) is 1.52. The van der Waals surface area contributed by atoms with Crippen molar-refractivity contribution >= 4 is 22.7 Å². The maximum Gasteiger partial charge on any atom is 0.148 e. The topological polar surface area (TPSA) is 57.0 Å². The molecule has 0 saturated carbocycles. The number of carbonyl (C=O) groups is 1. The summed E-state index contributed by atoms with van der Waals surface area (Å²) in [5.41, 5.74) is 1.47. The summed E-state index contributed by atoms with van der Waals surface area (Å²) in [6.45, 7) is 0.908. The van der Waals surface area contributed by atoms with Gasteiger partial charge in [0.05, 0.1) is 6.04 Å². The van der Waals surface area contributed by atoms with Crippen LogP contribution in [0.3, 0.4) is 0 Å². The standard InChI is InChI=1S/C14H11N3O/c15-8-14-13-2-1-11(7-10(13)3-5-16-14)17-6-4-12(17)9-18/h1-3,5,7,9,12H,4,6H2/t12-/m0/s1. The molecule has 1 saturated heterocycles. The molecule has 1 aromatic heterocycles. The zero-order valence-corrected chi connectivity index (χ0v) is 9.71. The van der Waals surface area contributed by atoms with Gasteiger partial charge in [-0.25, -0.2) is 4.98 Å². The van der Waals surface area contributed by atoms with Gasteiger partial charge in [-0.1, -0.05) is 0 Å². The number of pyridine rings is 1. The van der Waals surface area contributed by atoms with Crippen LogP contribution in [0.15, 0.2) is 30.5 Å². The molecule has 0 aliphatic carbocycles. The molecule has 0 N–H and O–H groups in total. The van der Waals surface area contributed by atoms with Crippen molar-refractivity contribution in [3.63, 3.8) is 0 Å². The van der Waals surface area contributed by atoms with Crippen molar-refractivity contribution in [1.82, 2.24) is 4.98 Å². The lowest BCUT2D eigenvalue weighted by Gasteiger charge is -2.39. The lowest BCUT2D eigenvalue weighted by molar-refractivity contribution is -0.109. The molecule has 88 valence electrons. The molecule has 2 heterocycles. The highest BCUT2D eigenvalue weighted by Gasteiger charge is 2.27. The van der Waals surface area contributed by atoms with Gasteiger partial charge >= 0.3 is 0 Å². The Labute approximate surface area is 104 Å². The number of nitrogens with zero attached hydrogens (tertiary/aromatic N) is 3. The predicted octanol–water partition coefficient (Wildman–Crippen LogP) is 1.88. The Morgan fingerprint density at radius 2 is 2.33 bits per heavy atom. The van der Waals surface area contributed by atoms with Crippen LogP contribution >= 0.6 is 0 Å². The van der Waals surface area contributed by atoms with E-state index in [1.54, 1.807) is 6.20 Å². The minimum absolute atomic E-state index is 0.000255. The minimum atomic E-state index is -0.000255. The van der Waals surface area contributed by atoms with E-state index in [2.05, 4.69) is 16.0 Å². The summed E-state index contributed by atoms with van der Waals surface area (Å²) in [5, 5.41) is 10.8. The molecule has 0 amide bonds. The molecule has 0 unspecified atom stereocenters. The van der Waals surface area contributed by atoms with Gasteiger partial charge in [-0.15, -0.1) is 0 Å². The molecule has 0 spiro atoms. The number of hydrogen-bond acceptors (Lipinski definition) is 4. The Morgan fingerprint density at radius 1 is 1.44 bits per heavy atom. The van der Waals surface area contributed by atoms with E-state index in [4.69, 9.17) is 5.26 Å². The molecule has 3 rings (SSSR count). The van der Waals surface area contributed by atoms with Crippen LogP contribution in [0.2, 0.25) is 0 Å². The van der Waals surface area contributed by atoms with Crippen molar-refractivity contribution in [2.24, 2.45) is 0 Å². The van der Waals surface area contributed by atoms with E-state index in [1.807, 2.05) is 24.3 Å². The van der Waals surface area contributed by atoms with Crippen LogP contribution in [0.25, 0.3) is 10.8 Å². The van der Waals surface area contributed by atoms with Crippen molar-refractivity contribution < 1.29 is 4.79 Å². The monoisotopic (exact) mass is 237 g/mol. The molecular formula is C14H11N3O. The molecule has 1 aliphatic heterocycles. The van der Waals surface area contributed by atoms with Crippen molar-refractivity contribution in [1.29, 1.82) is 5.26 Å². The Morgan fingerprint density at radius 3 is 3.00 bits per heavy atom. The van der Waals surface area contributed by atoms with Crippen LogP contribution < -0.4 is 4.90 Å². The van der Waals surface area contributed by atoms with E-state index in [9.17, 15) is 4.79 Å². The fourth-order valence-electron chi connectivity index (χ4n) is 2.30. The number of carbonyl (C=O) groups excluding carboxylic acids is 1. The molecular weight excluding hydrogens is 226 g/mol. The van der Waals surface area contributed by atoms with Crippen molar-refractivity contribution in [3.05, 3.63) is 36.2 Å². The normalized spacial score (nSPS) is 18.2. The summed E-state index contributed by atoms with van der Waals surface area (Å²) in [7, 11) is 0. The summed E-state index contributed by atoms with van der Waals surface area (Å²) in [6.07, 6.45) is 3.54. The number of anilines is 1. The van der Waals surface area contributed by atoms with Gasteiger partial charge in [0.1, 0.15) is 18.0 Å². The number of benzene rings is 1. The fraction of sp³-hybridized carbons (Fsp3) is 0.214. The first-order valence-electron chi connectivity index (χ1n) is 5.84. The van der Waals surface area contributed by atoms with Gasteiger partial charge in [-0.2, -0.15) is 5.26 Å². The predicted molar refractivity (Wildman–Crippen MR) is 68.3 cm³/mol. The Balaban J connectivity index is 2.07. The third-order valence-corrected chi connectivity index (χ3v) is 3.41. The number of fused-ring (bicyclic) bond motifs is 1. The Hall–Kier alpha value is -2.41. The fourth-order valence-corrected chi connectivity index (χ4v) is 2.30. The molecule has 18 heavy (non-hydrogen) atoms. The lowest BCUT2D eigenvalue weighted by atomic mass is 10.0. The van der Waals surface area contributed by atoms with Gasteiger partial charge in [0.2, 0.25) is 0 Å². The highest BCUT2D eigenvalue weighted by molar-refractivity contribution is 5.89. The lowest BCUT2D eigenvalue weighted by Crippen LogP contribution is -2.48. The highest BCUT2D eigenvalue weighted by atomic mass is 16.1. The minimum Gasteiger partial charge on any atom is -0.362 e. The second-order valence-electron chi connectivity index (χ2n) is 4.36. The molecule has 0 radical (unpaired) electrons. The van der Waals surface area contributed by atoms with Gasteiger partial charge in [0.15, 0.2) is 0 Å². The second kappa shape index (κ2) is 4.11. The molecule has 0 bridgehead atoms. The zero-order valence-electron chi connectivity index (χ0n) is 9.71. The largest absolute Gasteiger partial charge is 0.362 e. The second-order valence-corrected chi connectivity index (χ2v) is 4.36. The van der Waals surface area contributed by atoms with Gasteiger partial charge in [0.25, 0.3) is 0 Å². The number of hydrogen-bond donors (Lipinski definition) is 0. The van der Waals surface area contributed by atoms with Gasteiger partial charge in [-0.05, 0) is 36.1 Å². The number of rotatable bonds is 2. The van der Waals surface area contributed by atoms with E-state index in [0.29, 0.717) is 5.69 Å². The van der Waals surface area contributed by atoms with Crippen LogP contribution in [-0.2, 0) is 4.79 Å². The summed E-state index contributed by atoms with van der Waals surface area (Å²) in [5.74, 6) is 0. The molecule has 1 aliphatic rings. The van der Waals surface area contributed by atoms with Crippen molar-refractivity contribution in [3.8, 4) is 6.07 Å². The van der Waals surface area contributed by atoms with Crippen LogP contribution in [0.1, 0.15) is 12.1 Å². The van der Waals surface area contributed by atoms with E-state index >= 15 is 0 Å². The van der Waals surface area contributed by atoms with Gasteiger partial charge in [0, 0.05) is 23.8 Å². The molecule has 2 aromatic rings. The quantitative estimate of drug-likeness (QED) is 0.748. The van der Waals surface area contributed by atoms with E-state index in [1.165, 1.54) is 0 Å². The number of nitriles is 1. The molecule has 1 aromatic carbocycles. The van der Waals surface area contributed by atoms with Gasteiger partial charge < -0.3 is 9.69 Å². The molecule has 1 fully saturated rings. The maximum absolute atomic E-state index is 10.8. The Bertz CT molecular complexity index is 660. The third-order valence-electron chi connectivity index (χ3n) is 3.41. The highest BCUT2D eigenvalue weighted by Crippen LogP contribution is 2.29.